The van der Waals surface area contributed by atoms with Gasteiger partial charge in [-0.2, -0.15) is 0 Å². The van der Waals surface area contributed by atoms with Gasteiger partial charge in [-0.3, -0.25) is 4.79 Å². The smallest absolute Gasteiger partial charge is 0.229 e. The van der Waals surface area contributed by atoms with Gasteiger partial charge in [-0.1, -0.05) is 12.1 Å². The maximum Gasteiger partial charge on any atom is 0.229 e. The van der Waals surface area contributed by atoms with Gasteiger partial charge in [-0.25, -0.2) is 0 Å². The fourth-order valence-electron chi connectivity index (χ4n) is 3.26. The Morgan fingerprint density at radius 2 is 1.83 bits per heavy atom. The first kappa shape index (κ1) is 23.0. The number of Topliss-reactive ketones (excluding diaryl/α,β-unsaturated/α-hetero) is 1. The van der Waals surface area contributed by atoms with E-state index >= 15 is 0 Å². The molecule has 0 spiro atoms. The van der Waals surface area contributed by atoms with E-state index in [-0.39, 0.29) is 23.7 Å². The van der Waals surface area contributed by atoms with Crippen molar-refractivity contribution in [3.05, 3.63) is 29.8 Å². The van der Waals surface area contributed by atoms with E-state index in [1.54, 1.807) is 12.1 Å². The van der Waals surface area contributed by atoms with Crippen molar-refractivity contribution in [1.29, 1.82) is 0 Å². The van der Waals surface area contributed by atoms with Crippen molar-refractivity contribution in [2.24, 2.45) is 0 Å². The lowest BCUT2D eigenvalue weighted by Gasteiger charge is -2.40. The van der Waals surface area contributed by atoms with Crippen LogP contribution >= 0.6 is 0 Å². The molecule has 2 aliphatic heterocycles. The Kier molecular flexibility index (Phi) is 7.07. The lowest BCUT2D eigenvalue weighted by Crippen LogP contribution is -2.60. The maximum atomic E-state index is 11.8. The largest absolute Gasteiger partial charge is 0.461 e. The molecule has 30 heavy (non-hydrogen) atoms. The minimum absolute atomic E-state index is 0.125. The van der Waals surface area contributed by atoms with E-state index in [4.69, 9.17) is 24.1 Å². The predicted molar refractivity (Wildman–Crippen MR) is 97.5 cm³/mol. The van der Waals surface area contributed by atoms with Gasteiger partial charge in [-0.15, -0.1) is 0 Å². The molecule has 0 aromatic heterocycles. The van der Waals surface area contributed by atoms with E-state index < -0.39 is 61.9 Å². The van der Waals surface area contributed by atoms with Crippen LogP contribution in [0.2, 0.25) is 0 Å². The van der Waals surface area contributed by atoms with Crippen LogP contribution in [-0.4, -0.2) is 105 Å². The van der Waals surface area contributed by atoms with Gasteiger partial charge in [0, 0.05) is 0 Å². The summed E-state index contributed by atoms with van der Waals surface area (Å²) in [4.78, 5) is 11.8. The highest BCUT2D eigenvalue weighted by Gasteiger charge is 2.50. The summed E-state index contributed by atoms with van der Waals surface area (Å²) < 4.78 is 21.6. The molecule has 0 amide bonds. The number of carbonyl (C=O) groups is 1. The molecule has 2 heterocycles. The summed E-state index contributed by atoms with van der Waals surface area (Å²) in [6.07, 6.45) is -10.3. The van der Waals surface area contributed by atoms with Crippen molar-refractivity contribution in [3.8, 4) is 5.75 Å². The molecule has 8 atom stereocenters. The number of benzene rings is 1. The summed E-state index contributed by atoms with van der Waals surface area (Å²) in [5.41, 5.74) is -1.64. The van der Waals surface area contributed by atoms with E-state index in [2.05, 4.69) is 0 Å². The summed E-state index contributed by atoms with van der Waals surface area (Å²) in [5.74, 6) is -0.153. The first-order chi connectivity index (χ1) is 14.2. The molecule has 2 fully saturated rings. The minimum atomic E-state index is -1.88. The highest BCUT2D eigenvalue weighted by Crippen LogP contribution is 2.29. The van der Waals surface area contributed by atoms with Crippen LogP contribution in [-0.2, 0) is 14.2 Å². The number of rotatable bonds is 7. The van der Waals surface area contributed by atoms with Crippen molar-refractivity contribution in [2.45, 2.75) is 55.6 Å². The SMILES string of the molecule is CC(=O)c1ccccc1OC1OC(COC2OCC(O)(CO)C2O)C(O)C(O)C1O. The zero-order valence-corrected chi connectivity index (χ0v) is 16.2. The van der Waals surface area contributed by atoms with Crippen LogP contribution in [0.4, 0.5) is 0 Å². The first-order valence-electron chi connectivity index (χ1n) is 9.38. The molecule has 0 bridgehead atoms. The Labute approximate surface area is 172 Å². The third kappa shape index (κ3) is 4.49. The minimum Gasteiger partial charge on any atom is -0.461 e. The molecule has 168 valence electrons. The van der Waals surface area contributed by atoms with Gasteiger partial charge >= 0.3 is 0 Å². The second kappa shape index (κ2) is 9.22. The molecule has 8 unspecified atom stereocenters. The van der Waals surface area contributed by atoms with Crippen LogP contribution < -0.4 is 4.74 Å². The van der Waals surface area contributed by atoms with Crippen molar-refractivity contribution in [2.75, 3.05) is 19.8 Å². The molecule has 11 nitrogen and oxygen atoms in total. The molecule has 6 N–H and O–H groups in total. The average molecular weight is 430 g/mol. The van der Waals surface area contributed by atoms with E-state index in [0.29, 0.717) is 0 Å². The van der Waals surface area contributed by atoms with Gasteiger partial charge < -0.3 is 49.6 Å². The van der Waals surface area contributed by atoms with E-state index in [9.17, 15) is 30.3 Å². The lowest BCUT2D eigenvalue weighted by atomic mass is 9.99. The topological polar surface area (TPSA) is 175 Å². The van der Waals surface area contributed by atoms with Gasteiger partial charge in [0.05, 0.1) is 25.4 Å². The summed E-state index contributed by atoms with van der Waals surface area (Å²) >= 11 is 0. The number of para-hydroxylation sites is 1. The zero-order valence-electron chi connectivity index (χ0n) is 16.2. The van der Waals surface area contributed by atoms with Crippen LogP contribution in [0.25, 0.3) is 0 Å². The molecule has 0 radical (unpaired) electrons. The van der Waals surface area contributed by atoms with Crippen molar-refractivity contribution in [3.63, 3.8) is 0 Å². The third-order valence-corrected chi connectivity index (χ3v) is 5.18. The number of ketones is 1. The molecule has 1 aromatic rings. The second-order valence-corrected chi connectivity index (χ2v) is 7.40. The number of aliphatic hydroxyl groups is 6. The van der Waals surface area contributed by atoms with Crippen molar-refractivity contribution < 1.29 is 54.4 Å². The lowest BCUT2D eigenvalue weighted by molar-refractivity contribution is -0.289. The Morgan fingerprint density at radius 1 is 1.13 bits per heavy atom. The van der Waals surface area contributed by atoms with Gasteiger partial charge in [-0.05, 0) is 19.1 Å². The fraction of sp³-hybridized carbons (Fsp3) is 0.632. The molecule has 2 aliphatic rings. The van der Waals surface area contributed by atoms with Crippen molar-refractivity contribution >= 4 is 5.78 Å². The molecule has 2 saturated heterocycles. The number of hydrogen-bond donors (Lipinski definition) is 6. The van der Waals surface area contributed by atoms with Gasteiger partial charge in [0.2, 0.25) is 6.29 Å². The van der Waals surface area contributed by atoms with Crippen LogP contribution in [0.1, 0.15) is 17.3 Å². The summed E-state index contributed by atoms with van der Waals surface area (Å²) in [7, 11) is 0. The first-order valence-corrected chi connectivity index (χ1v) is 9.38. The number of hydrogen-bond acceptors (Lipinski definition) is 11. The molecule has 0 saturated carbocycles. The van der Waals surface area contributed by atoms with Gasteiger partial charge in [0.1, 0.15) is 41.9 Å². The third-order valence-electron chi connectivity index (χ3n) is 5.18. The van der Waals surface area contributed by atoms with Crippen LogP contribution in [0.5, 0.6) is 5.75 Å². The van der Waals surface area contributed by atoms with Crippen LogP contribution in [0, 0.1) is 0 Å². The van der Waals surface area contributed by atoms with Crippen LogP contribution in [0.15, 0.2) is 24.3 Å². The summed E-state index contributed by atoms with van der Waals surface area (Å²) in [6.45, 7) is -0.163. The molecule has 0 aliphatic carbocycles. The maximum absolute atomic E-state index is 11.8. The molecule has 3 rings (SSSR count). The number of aliphatic hydroxyl groups excluding tert-OH is 5. The van der Waals surface area contributed by atoms with Crippen molar-refractivity contribution in [1.82, 2.24) is 0 Å². The fourth-order valence-corrected chi connectivity index (χ4v) is 3.26. The normalized spacial score (nSPS) is 39.1. The Hall–Kier alpha value is -1.67. The number of ether oxygens (including phenoxy) is 4. The quantitative estimate of drug-likeness (QED) is 0.253. The summed E-state index contributed by atoms with van der Waals surface area (Å²) in [6, 6.07) is 6.27. The van der Waals surface area contributed by atoms with Gasteiger partial charge in [0.25, 0.3) is 0 Å². The highest BCUT2D eigenvalue weighted by molar-refractivity contribution is 5.96. The second-order valence-electron chi connectivity index (χ2n) is 7.40. The Balaban J connectivity index is 1.67. The Morgan fingerprint density at radius 3 is 2.47 bits per heavy atom. The molecule has 1 aromatic carbocycles. The predicted octanol–water partition coefficient (Wildman–Crippen LogP) is -2.47. The highest BCUT2D eigenvalue weighted by atomic mass is 16.7. The van der Waals surface area contributed by atoms with E-state index in [1.165, 1.54) is 19.1 Å². The molecular weight excluding hydrogens is 404 g/mol. The van der Waals surface area contributed by atoms with Gasteiger partial charge in [0.15, 0.2) is 12.1 Å². The zero-order chi connectivity index (χ0) is 22.1. The van der Waals surface area contributed by atoms with E-state index in [0.717, 1.165) is 0 Å². The standard InChI is InChI=1S/C19H26O11/c1-9(21)10-4-2-3-5-11(10)29-17-15(24)14(23)13(22)12(30-17)6-27-18-16(25)19(26,7-20)8-28-18/h2-5,12-18,20,22-26H,6-8H2,1H3. The molecular formula is C19H26O11. The molecule has 11 heteroatoms. The average Bonchev–Trinajstić information content (AvgIpc) is 3.02. The monoisotopic (exact) mass is 430 g/mol. The summed E-state index contributed by atoms with van der Waals surface area (Å²) in [5, 5.41) is 59.8. The number of carbonyl (C=O) groups excluding carboxylic acids is 1. The van der Waals surface area contributed by atoms with E-state index in [1.807, 2.05) is 0 Å². The van der Waals surface area contributed by atoms with Crippen LogP contribution in [0.3, 0.4) is 0 Å². The Bertz CT molecular complexity index is 743.